The summed E-state index contributed by atoms with van der Waals surface area (Å²) >= 11 is 0. The number of nitrogens with zero attached hydrogens (tertiary/aromatic N) is 4. The van der Waals surface area contributed by atoms with Gasteiger partial charge < -0.3 is 31.2 Å². The highest BCUT2D eigenvalue weighted by Gasteiger charge is 2.47. The number of imidazole rings is 1. The van der Waals surface area contributed by atoms with Crippen LogP contribution >= 0.6 is 0 Å². The van der Waals surface area contributed by atoms with Crippen LogP contribution in [0.3, 0.4) is 0 Å². The van der Waals surface area contributed by atoms with Crippen LogP contribution in [0.1, 0.15) is 19.1 Å². The van der Waals surface area contributed by atoms with E-state index in [1.54, 1.807) is 0 Å². The van der Waals surface area contributed by atoms with Crippen LogP contribution in [0.15, 0.2) is 12.7 Å². The van der Waals surface area contributed by atoms with Gasteiger partial charge in [0.15, 0.2) is 17.7 Å². The van der Waals surface area contributed by atoms with Gasteiger partial charge in [0.1, 0.15) is 30.2 Å². The molecule has 1 unspecified atom stereocenters. The van der Waals surface area contributed by atoms with Crippen LogP contribution in [0.4, 0.5) is 5.82 Å². The van der Waals surface area contributed by atoms with E-state index in [9.17, 15) is 10.2 Å². The van der Waals surface area contributed by atoms with Gasteiger partial charge in [-0.15, -0.1) is 0 Å². The van der Waals surface area contributed by atoms with E-state index in [2.05, 4.69) is 15.0 Å². The molecule has 3 rings (SSSR count). The number of nitrogen functional groups attached to an aromatic ring is 1. The monoisotopic (exact) mass is 338 g/mol. The first-order chi connectivity index (χ1) is 11.6. The smallest absolute Gasteiger partial charge is 0.167 e. The molecule has 5 atom stereocenters. The second kappa shape index (κ2) is 6.95. The summed E-state index contributed by atoms with van der Waals surface area (Å²) in [6.45, 7) is 0.511. The maximum absolute atomic E-state index is 10.4. The molecule has 0 radical (unpaired) electrons. The fraction of sp³-hybridized carbons (Fsp3) is 0.643. The maximum atomic E-state index is 10.4. The number of anilines is 1. The first-order valence-electron chi connectivity index (χ1n) is 7.76. The van der Waals surface area contributed by atoms with Crippen LogP contribution in [0.25, 0.3) is 11.2 Å². The fourth-order valence-electron chi connectivity index (χ4n) is 3.01. The predicted octanol–water partition coefficient (Wildman–Crippen LogP) is -1.22. The van der Waals surface area contributed by atoms with Crippen molar-refractivity contribution >= 4 is 17.0 Å². The van der Waals surface area contributed by atoms with Crippen molar-refractivity contribution in [2.45, 2.75) is 43.5 Å². The topological polar surface area (TPSA) is 155 Å². The molecule has 0 spiro atoms. The Morgan fingerprint density at radius 1 is 1.33 bits per heavy atom. The Balaban J connectivity index is 1.87. The van der Waals surface area contributed by atoms with Crippen LogP contribution in [-0.2, 0) is 9.47 Å². The highest BCUT2D eigenvalue weighted by atomic mass is 16.6. The molecule has 0 bridgehead atoms. The number of rotatable bonds is 6. The van der Waals surface area contributed by atoms with Crippen LogP contribution < -0.4 is 11.5 Å². The van der Waals surface area contributed by atoms with Crippen molar-refractivity contribution in [2.75, 3.05) is 19.4 Å². The number of hydrogen-bond acceptors (Lipinski definition) is 9. The molecule has 1 fully saturated rings. The molecule has 0 aromatic carbocycles. The number of ether oxygens (including phenoxy) is 2. The summed E-state index contributed by atoms with van der Waals surface area (Å²) in [6.07, 6.45) is -0.0495. The lowest BCUT2D eigenvalue weighted by Gasteiger charge is -2.24. The van der Waals surface area contributed by atoms with Gasteiger partial charge in [0.2, 0.25) is 0 Å². The van der Waals surface area contributed by atoms with Crippen molar-refractivity contribution in [1.82, 2.24) is 19.5 Å². The number of aromatic nitrogens is 4. The number of methoxy groups -OCH3 is 1. The molecule has 24 heavy (non-hydrogen) atoms. The van der Waals surface area contributed by atoms with Crippen molar-refractivity contribution < 1.29 is 19.7 Å². The molecule has 10 heteroatoms. The Morgan fingerprint density at radius 2 is 2.12 bits per heavy atom. The minimum atomic E-state index is -1.15. The molecule has 1 saturated heterocycles. The van der Waals surface area contributed by atoms with E-state index < -0.39 is 24.5 Å². The van der Waals surface area contributed by atoms with Crippen LogP contribution in [-0.4, -0.2) is 67.8 Å². The lowest BCUT2D eigenvalue weighted by molar-refractivity contribution is -0.0980. The van der Waals surface area contributed by atoms with Crippen molar-refractivity contribution in [1.29, 1.82) is 0 Å². The Bertz CT molecular complexity index is 695. The van der Waals surface area contributed by atoms with Gasteiger partial charge in [0.25, 0.3) is 0 Å². The third-order valence-corrected chi connectivity index (χ3v) is 4.30. The summed E-state index contributed by atoms with van der Waals surface area (Å²) in [6, 6.07) is 0. The molecule has 132 valence electrons. The lowest BCUT2D eigenvalue weighted by atomic mass is 10.0. The van der Waals surface area contributed by atoms with Gasteiger partial charge in [-0.2, -0.15) is 0 Å². The molecule has 2 aromatic rings. The molecule has 0 saturated carbocycles. The van der Waals surface area contributed by atoms with E-state index in [0.717, 1.165) is 6.42 Å². The van der Waals surface area contributed by atoms with Crippen LogP contribution in [0.5, 0.6) is 0 Å². The summed E-state index contributed by atoms with van der Waals surface area (Å²) in [5, 5.41) is 20.8. The number of hydrogen-bond donors (Lipinski definition) is 4. The zero-order valence-electron chi connectivity index (χ0n) is 13.3. The zero-order valence-corrected chi connectivity index (χ0v) is 13.3. The van der Waals surface area contributed by atoms with E-state index >= 15 is 0 Å². The molecule has 2 aromatic heterocycles. The summed E-state index contributed by atoms with van der Waals surface area (Å²) < 4.78 is 12.8. The first-order valence-corrected chi connectivity index (χ1v) is 7.76. The van der Waals surface area contributed by atoms with Gasteiger partial charge in [-0.3, -0.25) is 4.57 Å². The number of fused-ring (bicyclic) bond motifs is 1. The highest BCUT2D eigenvalue weighted by molar-refractivity contribution is 5.81. The molecule has 6 N–H and O–H groups in total. The van der Waals surface area contributed by atoms with Crippen molar-refractivity contribution in [2.24, 2.45) is 5.73 Å². The molecule has 0 aliphatic carbocycles. The zero-order chi connectivity index (χ0) is 17.3. The first kappa shape index (κ1) is 17.0. The highest BCUT2D eigenvalue weighted by Crippen LogP contribution is 2.34. The third-order valence-electron chi connectivity index (χ3n) is 4.30. The standard InChI is InChI=1S/C14H22N6O4/c1-23-7(3-2-4-15)11-9(21)10(22)14(24-11)20-6-19-8-12(16)17-5-18-13(8)20/h5-7,9-11,14,21-22H,2-4,15H2,1H3,(H2,16,17,18)/t7?,9-,10+,11+,14+/m0/s1. The Hall–Kier alpha value is -1.85. The molecular formula is C14H22N6O4. The van der Waals surface area contributed by atoms with Gasteiger partial charge in [-0.25, -0.2) is 15.0 Å². The SMILES string of the molecule is COC(CCCN)[C@H]1O[C@@H](n2cnc3c(N)ncnc32)[C@H](O)[C@@H]1O. The summed E-state index contributed by atoms with van der Waals surface area (Å²) in [7, 11) is 1.54. The quantitative estimate of drug-likeness (QED) is 0.507. The van der Waals surface area contributed by atoms with Crippen molar-refractivity contribution in [3.63, 3.8) is 0 Å². The van der Waals surface area contributed by atoms with Crippen LogP contribution in [0, 0.1) is 0 Å². The van der Waals surface area contributed by atoms with E-state index in [-0.39, 0.29) is 11.9 Å². The number of aliphatic hydroxyl groups is 2. The minimum Gasteiger partial charge on any atom is -0.387 e. The second-order valence-electron chi connectivity index (χ2n) is 5.76. The molecule has 3 heterocycles. The predicted molar refractivity (Wildman–Crippen MR) is 84.7 cm³/mol. The summed E-state index contributed by atoms with van der Waals surface area (Å²) in [5.74, 6) is 0.237. The summed E-state index contributed by atoms with van der Waals surface area (Å²) in [5.41, 5.74) is 12.1. The lowest BCUT2D eigenvalue weighted by Crippen LogP contribution is -2.39. The van der Waals surface area contributed by atoms with Crippen molar-refractivity contribution in [3.05, 3.63) is 12.7 Å². The number of nitrogens with two attached hydrogens (primary N) is 2. The Labute approximate surface area is 138 Å². The van der Waals surface area contributed by atoms with E-state index in [1.165, 1.54) is 24.3 Å². The average molecular weight is 338 g/mol. The Kier molecular flexibility index (Phi) is 4.92. The van der Waals surface area contributed by atoms with Gasteiger partial charge in [-0.1, -0.05) is 0 Å². The van der Waals surface area contributed by atoms with Crippen LogP contribution in [0.2, 0.25) is 0 Å². The molecule has 1 aliphatic heterocycles. The maximum Gasteiger partial charge on any atom is 0.167 e. The molecule has 1 aliphatic rings. The van der Waals surface area contributed by atoms with Gasteiger partial charge in [0.05, 0.1) is 12.4 Å². The minimum absolute atomic E-state index is 0.237. The third kappa shape index (κ3) is 2.82. The Morgan fingerprint density at radius 3 is 2.83 bits per heavy atom. The van der Waals surface area contributed by atoms with E-state index in [1.807, 2.05) is 0 Å². The molecule has 0 amide bonds. The fourth-order valence-corrected chi connectivity index (χ4v) is 3.01. The average Bonchev–Trinajstić information content (AvgIpc) is 3.13. The van der Waals surface area contributed by atoms with Crippen molar-refractivity contribution in [3.8, 4) is 0 Å². The number of aliphatic hydroxyl groups excluding tert-OH is 2. The largest absolute Gasteiger partial charge is 0.387 e. The normalized spacial score (nSPS) is 28.5. The second-order valence-corrected chi connectivity index (χ2v) is 5.76. The van der Waals surface area contributed by atoms with E-state index in [4.69, 9.17) is 20.9 Å². The van der Waals surface area contributed by atoms with E-state index in [0.29, 0.717) is 24.1 Å². The van der Waals surface area contributed by atoms with Gasteiger partial charge in [-0.05, 0) is 19.4 Å². The molecule has 10 nitrogen and oxygen atoms in total. The summed E-state index contributed by atoms with van der Waals surface area (Å²) in [4.78, 5) is 12.2. The van der Waals surface area contributed by atoms with Gasteiger partial charge in [0, 0.05) is 7.11 Å². The molecular weight excluding hydrogens is 316 g/mol. The van der Waals surface area contributed by atoms with Gasteiger partial charge >= 0.3 is 0 Å².